The lowest BCUT2D eigenvalue weighted by molar-refractivity contribution is 0.305. The van der Waals surface area contributed by atoms with Crippen LogP contribution in [0.4, 0.5) is 8.78 Å². The van der Waals surface area contributed by atoms with E-state index in [0.29, 0.717) is 11.3 Å². The minimum Gasteiger partial charge on any atom is -0.489 e. The first-order chi connectivity index (χ1) is 9.45. The van der Waals surface area contributed by atoms with E-state index in [9.17, 15) is 8.78 Å². The molecule has 20 heavy (non-hydrogen) atoms. The SMILES string of the molecule is OB(O)c1cc(F)cc(COc2ccc(F)c(Cl)c2)c1. The number of hydrogen-bond donors (Lipinski definition) is 2. The van der Waals surface area contributed by atoms with E-state index < -0.39 is 18.8 Å². The zero-order chi connectivity index (χ0) is 14.7. The molecule has 0 amide bonds. The summed E-state index contributed by atoms with van der Waals surface area (Å²) in [6, 6.07) is 7.48. The van der Waals surface area contributed by atoms with Gasteiger partial charge in [0.05, 0.1) is 5.02 Å². The molecule has 0 spiro atoms. The molecule has 0 atom stereocenters. The van der Waals surface area contributed by atoms with Crippen LogP contribution in [-0.4, -0.2) is 17.2 Å². The second-order valence-electron chi connectivity index (χ2n) is 4.13. The van der Waals surface area contributed by atoms with Crippen molar-refractivity contribution in [2.45, 2.75) is 6.61 Å². The summed E-state index contributed by atoms with van der Waals surface area (Å²) in [5.41, 5.74) is 0.439. The average Bonchev–Trinajstić information content (AvgIpc) is 2.39. The van der Waals surface area contributed by atoms with Crippen LogP contribution in [0.25, 0.3) is 0 Å². The molecule has 0 fully saturated rings. The van der Waals surface area contributed by atoms with Crippen molar-refractivity contribution in [2.75, 3.05) is 0 Å². The van der Waals surface area contributed by atoms with Crippen LogP contribution in [0.1, 0.15) is 5.56 Å². The topological polar surface area (TPSA) is 49.7 Å². The second-order valence-corrected chi connectivity index (χ2v) is 4.54. The Kier molecular flexibility index (Phi) is 4.59. The summed E-state index contributed by atoms with van der Waals surface area (Å²) in [7, 11) is -1.76. The quantitative estimate of drug-likeness (QED) is 0.847. The van der Waals surface area contributed by atoms with Crippen LogP contribution in [0, 0.1) is 11.6 Å². The first-order valence-electron chi connectivity index (χ1n) is 5.69. The molecular weight excluding hydrogens is 288 g/mol. The fourth-order valence-corrected chi connectivity index (χ4v) is 1.81. The highest BCUT2D eigenvalue weighted by Gasteiger charge is 2.13. The summed E-state index contributed by atoms with van der Waals surface area (Å²) in [4.78, 5) is 0. The van der Waals surface area contributed by atoms with Crippen LogP contribution in [0.5, 0.6) is 5.75 Å². The molecule has 104 valence electrons. The molecule has 0 aliphatic carbocycles. The molecule has 0 bridgehead atoms. The first-order valence-corrected chi connectivity index (χ1v) is 6.07. The van der Waals surface area contributed by atoms with Crippen molar-refractivity contribution in [2.24, 2.45) is 0 Å². The van der Waals surface area contributed by atoms with Crippen molar-refractivity contribution in [1.82, 2.24) is 0 Å². The lowest BCUT2D eigenvalue weighted by atomic mass is 9.79. The Bertz CT molecular complexity index is 623. The Balaban J connectivity index is 2.12. The smallest absolute Gasteiger partial charge is 0.488 e. The first kappa shape index (κ1) is 14.8. The Labute approximate surface area is 119 Å². The summed E-state index contributed by atoms with van der Waals surface area (Å²) in [6.45, 7) is -0.0144. The molecule has 2 rings (SSSR count). The highest BCUT2D eigenvalue weighted by Crippen LogP contribution is 2.21. The van der Waals surface area contributed by atoms with Gasteiger partial charge in [0, 0.05) is 6.07 Å². The Morgan fingerprint density at radius 3 is 2.50 bits per heavy atom. The van der Waals surface area contributed by atoms with Gasteiger partial charge in [0.2, 0.25) is 0 Å². The number of benzene rings is 2. The summed E-state index contributed by atoms with van der Waals surface area (Å²) < 4.78 is 31.6. The Morgan fingerprint density at radius 1 is 1.10 bits per heavy atom. The van der Waals surface area contributed by atoms with Gasteiger partial charge in [-0.15, -0.1) is 0 Å². The number of hydrogen-bond acceptors (Lipinski definition) is 3. The minimum atomic E-state index is -1.76. The number of halogens is 3. The van der Waals surface area contributed by atoms with Gasteiger partial charge in [0.15, 0.2) is 0 Å². The van der Waals surface area contributed by atoms with E-state index in [0.717, 1.165) is 12.1 Å². The third-order valence-corrected chi connectivity index (χ3v) is 2.86. The van der Waals surface area contributed by atoms with Crippen molar-refractivity contribution in [3.05, 3.63) is 58.6 Å². The van der Waals surface area contributed by atoms with Crippen LogP contribution in [0.2, 0.25) is 5.02 Å². The van der Waals surface area contributed by atoms with Crippen LogP contribution in [0.15, 0.2) is 36.4 Å². The molecule has 0 aliphatic heterocycles. The number of ether oxygens (including phenoxy) is 1. The third-order valence-electron chi connectivity index (χ3n) is 2.57. The van der Waals surface area contributed by atoms with E-state index in [-0.39, 0.29) is 17.1 Å². The highest BCUT2D eigenvalue weighted by atomic mass is 35.5. The Morgan fingerprint density at radius 2 is 1.85 bits per heavy atom. The molecule has 0 aromatic heterocycles. The fourth-order valence-electron chi connectivity index (χ4n) is 1.64. The molecule has 0 radical (unpaired) electrons. The zero-order valence-electron chi connectivity index (χ0n) is 10.2. The summed E-state index contributed by atoms with van der Waals surface area (Å²) >= 11 is 5.61. The van der Waals surface area contributed by atoms with E-state index in [1.54, 1.807) is 0 Å². The van der Waals surface area contributed by atoms with Gasteiger partial charge < -0.3 is 14.8 Å². The molecular formula is C13H10BClF2O3. The summed E-state index contributed by atoms with van der Waals surface area (Å²) in [6.07, 6.45) is 0. The molecule has 2 N–H and O–H groups in total. The lowest BCUT2D eigenvalue weighted by Gasteiger charge is -2.09. The Hall–Kier alpha value is -1.63. The molecule has 0 heterocycles. The highest BCUT2D eigenvalue weighted by molar-refractivity contribution is 6.58. The maximum Gasteiger partial charge on any atom is 0.488 e. The zero-order valence-corrected chi connectivity index (χ0v) is 10.9. The van der Waals surface area contributed by atoms with Crippen LogP contribution in [-0.2, 0) is 6.61 Å². The van der Waals surface area contributed by atoms with E-state index in [1.165, 1.54) is 24.3 Å². The van der Waals surface area contributed by atoms with Gasteiger partial charge in [0.1, 0.15) is 24.0 Å². The molecule has 0 saturated heterocycles. The monoisotopic (exact) mass is 298 g/mol. The van der Waals surface area contributed by atoms with E-state index >= 15 is 0 Å². The lowest BCUT2D eigenvalue weighted by Crippen LogP contribution is -2.30. The predicted molar refractivity (Wildman–Crippen MR) is 72.0 cm³/mol. The molecule has 7 heteroatoms. The average molecular weight is 298 g/mol. The van der Waals surface area contributed by atoms with Gasteiger partial charge in [-0.1, -0.05) is 17.7 Å². The fraction of sp³-hybridized carbons (Fsp3) is 0.0769. The van der Waals surface area contributed by atoms with E-state index in [1.807, 2.05) is 0 Å². The normalized spacial score (nSPS) is 10.4. The molecule has 2 aromatic rings. The van der Waals surface area contributed by atoms with E-state index in [2.05, 4.69) is 0 Å². The van der Waals surface area contributed by atoms with Crippen LogP contribution in [0.3, 0.4) is 0 Å². The second kappa shape index (κ2) is 6.22. The maximum atomic E-state index is 13.3. The van der Waals surface area contributed by atoms with Crippen LogP contribution >= 0.6 is 11.6 Å². The molecule has 2 aromatic carbocycles. The minimum absolute atomic E-state index is 0.0144. The largest absolute Gasteiger partial charge is 0.489 e. The van der Waals surface area contributed by atoms with Gasteiger partial charge in [-0.3, -0.25) is 0 Å². The van der Waals surface area contributed by atoms with Crippen molar-refractivity contribution in [1.29, 1.82) is 0 Å². The molecule has 0 saturated carbocycles. The number of rotatable bonds is 4. The molecule has 0 unspecified atom stereocenters. The molecule has 0 aliphatic rings. The summed E-state index contributed by atoms with van der Waals surface area (Å²) in [5.74, 6) is -0.839. The van der Waals surface area contributed by atoms with Crippen LogP contribution < -0.4 is 10.2 Å². The van der Waals surface area contributed by atoms with Crippen molar-refractivity contribution in [3.63, 3.8) is 0 Å². The van der Waals surface area contributed by atoms with Crippen molar-refractivity contribution in [3.8, 4) is 5.75 Å². The maximum absolute atomic E-state index is 13.3. The third kappa shape index (κ3) is 3.69. The summed E-state index contributed by atoms with van der Waals surface area (Å²) in [5, 5.41) is 18.0. The van der Waals surface area contributed by atoms with Gasteiger partial charge >= 0.3 is 7.12 Å². The van der Waals surface area contributed by atoms with Crippen molar-refractivity contribution < 1.29 is 23.6 Å². The van der Waals surface area contributed by atoms with E-state index in [4.69, 9.17) is 26.4 Å². The predicted octanol–water partition coefficient (Wildman–Crippen LogP) is 1.88. The van der Waals surface area contributed by atoms with Gasteiger partial charge in [-0.05, 0) is 35.3 Å². The van der Waals surface area contributed by atoms with Gasteiger partial charge in [-0.25, -0.2) is 8.78 Å². The van der Waals surface area contributed by atoms with Gasteiger partial charge in [-0.2, -0.15) is 0 Å². The standard InChI is InChI=1S/C13H10BClF2O3/c15-12-6-11(1-2-13(12)17)20-7-8-3-9(14(18)19)5-10(16)4-8/h1-6,18-19H,7H2. The van der Waals surface area contributed by atoms with Crippen molar-refractivity contribution >= 4 is 24.2 Å². The van der Waals surface area contributed by atoms with Gasteiger partial charge in [0.25, 0.3) is 0 Å². The molecule has 3 nitrogen and oxygen atoms in total.